The van der Waals surface area contributed by atoms with Crippen LogP contribution >= 0.6 is 0 Å². The molecule has 7 nitrogen and oxygen atoms in total. The number of aryl methyl sites for hydroxylation is 2. The Morgan fingerprint density at radius 2 is 1.67 bits per heavy atom. The van der Waals surface area contributed by atoms with Crippen molar-refractivity contribution >= 4 is 17.8 Å². The number of aromatic nitrogens is 1. The van der Waals surface area contributed by atoms with E-state index >= 15 is 0 Å². The van der Waals surface area contributed by atoms with Gasteiger partial charge >= 0.3 is 5.97 Å². The van der Waals surface area contributed by atoms with Crippen LogP contribution in [-0.4, -0.2) is 65.4 Å². The zero-order chi connectivity index (χ0) is 21.8. The van der Waals surface area contributed by atoms with Crippen molar-refractivity contribution in [2.24, 2.45) is 0 Å². The first-order valence-corrected chi connectivity index (χ1v) is 10.3. The Morgan fingerprint density at radius 1 is 1.00 bits per heavy atom. The largest absolute Gasteiger partial charge is 0.462 e. The van der Waals surface area contributed by atoms with Crippen molar-refractivity contribution in [2.75, 3.05) is 32.8 Å². The molecular weight excluding hydrogens is 382 g/mol. The number of aromatic amines is 1. The molecule has 160 valence electrons. The topological polar surface area (TPSA) is 82.7 Å². The van der Waals surface area contributed by atoms with Gasteiger partial charge in [0.15, 0.2) is 0 Å². The van der Waals surface area contributed by atoms with Crippen LogP contribution in [0.1, 0.15) is 61.4 Å². The standard InChI is InChI=1S/C23H29N3O4/c1-5-30-23(29)19-16(3)20(24-17(19)4)22(28)26-11-7-10-25(12-13-26)21(27)18-9-6-8-15(2)14-18/h6,8-9,14,24H,5,7,10-13H2,1-4H3. The van der Waals surface area contributed by atoms with Gasteiger partial charge in [-0.1, -0.05) is 17.7 Å². The van der Waals surface area contributed by atoms with Crippen molar-refractivity contribution in [2.45, 2.75) is 34.1 Å². The van der Waals surface area contributed by atoms with Gasteiger partial charge in [0.2, 0.25) is 0 Å². The Labute approximate surface area is 177 Å². The highest BCUT2D eigenvalue weighted by atomic mass is 16.5. The summed E-state index contributed by atoms with van der Waals surface area (Å²) >= 11 is 0. The quantitative estimate of drug-likeness (QED) is 0.784. The van der Waals surface area contributed by atoms with E-state index in [9.17, 15) is 14.4 Å². The molecule has 0 radical (unpaired) electrons. The molecule has 0 saturated carbocycles. The second-order valence-corrected chi connectivity index (χ2v) is 7.65. The smallest absolute Gasteiger partial charge is 0.340 e. The molecule has 0 bridgehead atoms. The minimum Gasteiger partial charge on any atom is -0.462 e. The number of amides is 2. The highest BCUT2D eigenvalue weighted by Crippen LogP contribution is 2.21. The maximum absolute atomic E-state index is 13.1. The molecule has 0 aliphatic carbocycles. The molecule has 30 heavy (non-hydrogen) atoms. The van der Waals surface area contributed by atoms with E-state index in [-0.39, 0.29) is 18.4 Å². The first kappa shape index (κ1) is 21.6. The monoisotopic (exact) mass is 411 g/mol. The van der Waals surface area contributed by atoms with Crippen molar-refractivity contribution < 1.29 is 19.1 Å². The summed E-state index contributed by atoms with van der Waals surface area (Å²) in [5.74, 6) is -0.589. The van der Waals surface area contributed by atoms with Gasteiger partial charge < -0.3 is 19.5 Å². The number of nitrogens with one attached hydrogen (secondary N) is 1. The molecule has 0 unspecified atom stereocenters. The van der Waals surface area contributed by atoms with E-state index in [4.69, 9.17) is 4.74 Å². The molecule has 0 spiro atoms. The van der Waals surface area contributed by atoms with Gasteiger partial charge in [-0.2, -0.15) is 0 Å². The second-order valence-electron chi connectivity index (χ2n) is 7.65. The van der Waals surface area contributed by atoms with E-state index in [0.717, 1.165) is 5.56 Å². The second kappa shape index (κ2) is 9.15. The average molecular weight is 412 g/mol. The van der Waals surface area contributed by atoms with Crippen molar-refractivity contribution in [3.8, 4) is 0 Å². The molecule has 1 saturated heterocycles. The lowest BCUT2D eigenvalue weighted by Crippen LogP contribution is -2.37. The third-order valence-corrected chi connectivity index (χ3v) is 5.47. The summed E-state index contributed by atoms with van der Waals surface area (Å²) in [6, 6.07) is 7.56. The maximum Gasteiger partial charge on any atom is 0.340 e. The lowest BCUT2D eigenvalue weighted by Gasteiger charge is -2.22. The minimum atomic E-state index is -0.423. The molecule has 1 aliphatic rings. The Balaban J connectivity index is 1.73. The normalized spacial score (nSPS) is 14.4. The number of benzene rings is 1. The number of nitrogens with zero attached hydrogens (tertiary/aromatic N) is 2. The third kappa shape index (κ3) is 4.40. The van der Waals surface area contributed by atoms with Gasteiger partial charge in [-0.05, 0) is 51.8 Å². The zero-order valence-corrected chi connectivity index (χ0v) is 18.1. The molecular formula is C23H29N3O4. The number of H-pyrrole nitrogens is 1. The van der Waals surface area contributed by atoms with Gasteiger partial charge in [-0.25, -0.2) is 4.79 Å². The number of ether oxygens (including phenoxy) is 1. The summed E-state index contributed by atoms with van der Waals surface area (Å²) in [6.45, 7) is 9.60. The number of rotatable bonds is 4. The first-order chi connectivity index (χ1) is 14.3. The highest BCUT2D eigenvalue weighted by molar-refractivity contribution is 6.00. The molecule has 2 heterocycles. The highest BCUT2D eigenvalue weighted by Gasteiger charge is 2.28. The number of carbonyl (C=O) groups is 3. The zero-order valence-electron chi connectivity index (χ0n) is 18.1. The summed E-state index contributed by atoms with van der Waals surface area (Å²) in [6.07, 6.45) is 0.701. The van der Waals surface area contributed by atoms with E-state index in [2.05, 4.69) is 4.98 Å². The molecule has 0 atom stereocenters. The lowest BCUT2D eigenvalue weighted by atomic mass is 10.1. The predicted molar refractivity (Wildman–Crippen MR) is 114 cm³/mol. The van der Waals surface area contributed by atoms with E-state index in [1.807, 2.05) is 31.2 Å². The molecule has 1 aromatic carbocycles. The van der Waals surface area contributed by atoms with Crippen molar-refractivity contribution in [1.29, 1.82) is 0 Å². The van der Waals surface area contributed by atoms with Crippen LogP contribution < -0.4 is 0 Å². The Morgan fingerprint density at radius 3 is 2.30 bits per heavy atom. The molecule has 3 rings (SSSR count). The fourth-order valence-corrected chi connectivity index (χ4v) is 3.92. The van der Waals surface area contributed by atoms with Gasteiger partial charge in [0.25, 0.3) is 11.8 Å². The molecule has 7 heteroatoms. The van der Waals surface area contributed by atoms with Crippen LogP contribution in [0.2, 0.25) is 0 Å². The van der Waals surface area contributed by atoms with Crippen LogP contribution in [0.25, 0.3) is 0 Å². The number of hydrogen-bond acceptors (Lipinski definition) is 4. The van der Waals surface area contributed by atoms with Crippen LogP contribution in [0, 0.1) is 20.8 Å². The summed E-state index contributed by atoms with van der Waals surface area (Å²) in [5, 5.41) is 0. The summed E-state index contributed by atoms with van der Waals surface area (Å²) in [4.78, 5) is 44.8. The number of carbonyl (C=O) groups excluding carboxylic acids is 3. The maximum atomic E-state index is 13.1. The van der Waals surface area contributed by atoms with Crippen LogP contribution in [0.3, 0.4) is 0 Å². The summed E-state index contributed by atoms with van der Waals surface area (Å²) in [7, 11) is 0. The summed E-state index contributed by atoms with van der Waals surface area (Å²) in [5.41, 5.74) is 3.78. The lowest BCUT2D eigenvalue weighted by molar-refractivity contribution is 0.0524. The SMILES string of the molecule is CCOC(=O)c1c(C)[nH]c(C(=O)N2CCCN(C(=O)c3cccc(C)c3)CC2)c1C. The van der Waals surface area contributed by atoms with E-state index < -0.39 is 5.97 Å². The Kier molecular flexibility index (Phi) is 6.59. The molecule has 1 fully saturated rings. The van der Waals surface area contributed by atoms with Gasteiger partial charge in [0, 0.05) is 37.4 Å². The van der Waals surface area contributed by atoms with Crippen molar-refractivity contribution in [1.82, 2.24) is 14.8 Å². The van der Waals surface area contributed by atoms with Crippen LogP contribution in [-0.2, 0) is 4.74 Å². The van der Waals surface area contributed by atoms with Crippen molar-refractivity contribution in [3.63, 3.8) is 0 Å². The fraction of sp³-hybridized carbons (Fsp3) is 0.435. The van der Waals surface area contributed by atoms with E-state index in [1.54, 1.807) is 30.6 Å². The van der Waals surface area contributed by atoms with Crippen LogP contribution in [0.15, 0.2) is 24.3 Å². The number of hydrogen-bond donors (Lipinski definition) is 1. The molecule has 2 aromatic rings. The molecule has 1 aliphatic heterocycles. The predicted octanol–water partition coefficient (Wildman–Crippen LogP) is 3.10. The van der Waals surface area contributed by atoms with Gasteiger partial charge in [-0.15, -0.1) is 0 Å². The van der Waals surface area contributed by atoms with Crippen molar-refractivity contribution in [3.05, 3.63) is 57.9 Å². The van der Waals surface area contributed by atoms with Gasteiger partial charge in [-0.3, -0.25) is 9.59 Å². The van der Waals surface area contributed by atoms with Crippen LogP contribution in [0.5, 0.6) is 0 Å². The molecule has 1 N–H and O–H groups in total. The minimum absolute atomic E-state index is 0.00973. The van der Waals surface area contributed by atoms with Crippen LogP contribution in [0.4, 0.5) is 0 Å². The van der Waals surface area contributed by atoms with E-state index in [1.165, 1.54) is 0 Å². The van der Waals surface area contributed by atoms with Gasteiger partial charge in [0.1, 0.15) is 5.69 Å². The Hall–Kier alpha value is -3.09. The summed E-state index contributed by atoms with van der Waals surface area (Å²) < 4.78 is 5.11. The third-order valence-electron chi connectivity index (χ3n) is 5.47. The van der Waals surface area contributed by atoms with Gasteiger partial charge in [0.05, 0.1) is 12.2 Å². The molecule has 1 aromatic heterocycles. The van der Waals surface area contributed by atoms with E-state index in [0.29, 0.717) is 60.7 Å². The fourth-order valence-electron chi connectivity index (χ4n) is 3.92. The Bertz CT molecular complexity index is 963. The first-order valence-electron chi connectivity index (χ1n) is 10.3. The average Bonchev–Trinajstić information content (AvgIpc) is 2.88. The number of esters is 1. The molecule has 2 amide bonds.